The Morgan fingerprint density at radius 2 is 2.10 bits per heavy atom. The number of fused-ring (bicyclic) bond motifs is 1. The third-order valence-electron chi connectivity index (χ3n) is 4.85. The highest BCUT2D eigenvalue weighted by Gasteiger charge is 2.26. The summed E-state index contributed by atoms with van der Waals surface area (Å²) in [6.45, 7) is 9.13. The Labute approximate surface area is 173 Å². The molecule has 0 aliphatic heterocycles. The van der Waals surface area contributed by atoms with E-state index in [9.17, 15) is 4.79 Å². The number of aromatic nitrogens is 3. The molecule has 3 aromatic heterocycles. The van der Waals surface area contributed by atoms with Gasteiger partial charge in [0.1, 0.15) is 11.5 Å². The summed E-state index contributed by atoms with van der Waals surface area (Å²) in [6, 6.07) is 11.7. The zero-order valence-corrected chi connectivity index (χ0v) is 17.9. The smallest absolute Gasteiger partial charge is 0.278 e. The fourth-order valence-electron chi connectivity index (χ4n) is 3.42. The summed E-state index contributed by atoms with van der Waals surface area (Å²) in [6.07, 6.45) is 1.62. The third kappa shape index (κ3) is 3.70. The maximum atomic E-state index is 13.6. The molecule has 6 nitrogen and oxygen atoms in total. The number of nitrogens with zero attached hydrogens (tertiary/aromatic N) is 4. The van der Waals surface area contributed by atoms with Crippen LogP contribution in [0.15, 0.2) is 47.1 Å². The van der Waals surface area contributed by atoms with Crippen LogP contribution in [0.3, 0.4) is 0 Å². The van der Waals surface area contributed by atoms with E-state index in [1.54, 1.807) is 15.8 Å². The SMILES string of the molecule is CCn1nc(C)cc1C(=O)N(Cc1ccco1)c1nc2c(C(C)C)cccc2s1. The summed E-state index contributed by atoms with van der Waals surface area (Å²) >= 11 is 1.52. The molecule has 0 radical (unpaired) electrons. The van der Waals surface area contributed by atoms with Crippen molar-refractivity contribution in [2.45, 2.75) is 46.7 Å². The van der Waals surface area contributed by atoms with E-state index in [1.807, 2.05) is 38.1 Å². The van der Waals surface area contributed by atoms with Crippen LogP contribution in [0.4, 0.5) is 5.13 Å². The number of carbonyl (C=O) groups excluding carboxylic acids is 1. The molecule has 0 bridgehead atoms. The number of thiazole rings is 1. The number of hydrogen-bond acceptors (Lipinski definition) is 5. The molecule has 0 atom stereocenters. The first-order valence-corrected chi connectivity index (χ1v) is 10.6. The van der Waals surface area contributed by atoms with Gasteiger partial charge in [0.2, 0.25) is 0 Å². The van der Waals surface area contributed by atoms with Crippen molar-refractivity contribution in [1.29, 1.82) is 0 Å². The number of aryl methyl sites for hydroxylation is 2. The molecule has 7 heteroatoms. The number of anilines is 1. The van der Waals surface area contributed by atoms with E-state index in [0.717, 1.165) is 15.9 Å². The van der Waals surface area contributed by atoms with Gasteiger partial charge in [-0.2, -0.15) is 5.10 Å². The van der Waals surface area contributed by atoms with E-state index in [2.05, 4.69) is 31.1 Å². The topological polar surface area (TPSA) is 64.2 Å². The van der Waals surface area contributed by atoms with Crippen molar-refractivity contribution in [2.24, 2.45) is 0 Å². The van der Waals surface area contributed by atoms with Crippen LogP contribution in [-0.2, 0) is 13.1 Å². The Morgan fingerprint density at radius 1 is 1.28 bits per heavy atom. The molecule has 3 heterocycles. The van der Waals surface area contributed by atoms with Gasteiger partial charge < -0.3 is 4.42 Å². The van der Waals surface area contributed by atoms with Crippen molar-refractivity contribution in [3.8, 4) is 0 Å². The van der Waals surface area contributed by atoms with Gasteiger partial charge in [-0.25, -0.2) is 4.98 Å². The van der Waals surface area contributed by atoms with Crippen LogP contribution in [0.1, 0.15) is 54.2 Å². The Bertz CT molecular complexity index is 1140. The Balaban J connectivity index is 1.81. The van der Waals surface area contributed by atoms with Crippen LogP contribution in [-0.4, -0.2) is 20.7 Å². The molecule has 1 amide bonds. The second-order valence-corrected chi connectivity index (χ2v) is 8.31. The van der Waals surface area contributed by atoms with E-state index in [4.69, 9.17) is 9.40 Å². The standard InChI is InChI=1S/C22H24N4O2S/c1-5-26-18(12-15(4)24-26)21(27)25(13-16-8-7-11-28-16)22-23-20-17(14(2)3)9-6-10-19(20)29-22/h6-12,14H,5,13H2,1-4H3. The first-order chi connectivity index (χ1) is 14.0. The summed E-state index contributed by atoms with van der Waals surface area (Å²) in [7, 11) is 0. The maximum absolute atomic E-state index is 13.6. The van der Waals surface area contributed by atoms with E-state index in [0.29, 0.717) is 35.6 Å². The van der Waals surface area contributed by atoms with Crippen molar-refractivity contribution in [1.82, 2.24) is 14.8 Å². The molecule has 0 saturated heterocycles. The normalized spacial score (nSPS) is 11.5. The number of benzene rings is 1. The van der Waals surface area contributed by atoms with Crippen molar-refractivity contribution in [3.05, 3.63) is 65.4 Å². The minimum atomic E-state index is -0.131. The van der Waals surface area contributed by atoms with Gasteiger partial charge >= 0.3 is 0 Å². The lowest BCUT2D eigenvalue weighted by Gasteiger charge is -2.19. The molecule has 0 saturated carbocycles. The molecule has 0 fully saturated rings. The quantitative estimate of drug-likeness (QED) is 0.429. The Morgan fingerprint density at radius 3 is 2.79 bits per heavy atom. The zero-order chi connectivity index (χ0) is 20.5. The number of carbonyl (C=O) groups is 1. The van der Waals surface area contributed by atoms with Crippen LogP contribution in [0.25, 0.3) is 10.2 Å². The summed E-state index contributed by atoms with van der Waals surface area (Å²) in [4.78, 5) is 20.1. The number of amides is 1. The van der Waals surface area contributed by atoms with E-state index >= 15 is 0 Å². The minimum Gasteiger partial charge on any atom is -0.467 e. The lowest BCUT2D eigenvalue weighted by molar-refractivity contribution is 0.0973. The lowest BCUT2D eigenvalue weighted by atomic mass is 10.0. The van der Waals surface area contributed by atoms with E-state index in [1.165, 1.54) is 16.9 Å². The summed E-state index contributed by atoms with van der Waals surface area (Å²) < 4.78 is 8.34. The molecular formula is C22H24N4O2S. The molecule has 150 valence electrons. The fourth-order valence-corrected chi connectivity index (χ4v) is 4.42. The lowest BCUT2D eigenvalue weighted by Crippen LogP contribution is -2.32. The molecule has 0 aliphatic rings. The summed E-state index contributed by atoms with van der Waals surface area (Å²) in [5.74, 6) is 0.932. The average molecular weight is 409 g/mol. The number of rotatable bonds is 6. The van der Waals surface area contributed by atoms with Crippen LogP contribution < -0.4 is 4.90 Å². The zero-order valence-electron chi connectivity index (χ0n) is 17.0. The highest BCUT2D eigenvalue weighted by molar-refractivity contribution is 7.22. The van der Waals surface area contributed by atoms with Gasteiger partial charge in [0.05, 0.1) is 28.7 Å². The highest BCUT2D eigenvalue weighted by Crippen LogP contribution is 2.34. The van der Waals surface area contributed by atoms with Gasteiger partial charge in [-0.05, 0) is 49.6 Å². The largest absolute Gasteiger partial charge is 0.467 e. The second-order valence-electron chi connectivity index (χ2n) is 7.30. The number of para-hydroxylation sites is 1. The predicted octanol–water partition coefficient (Wildman–Crippen LogP) is 5.38. The van der Waals surface area contributed by atoms with Gasteiger partial charge in [-0.15, -0.1) is 0 Å². The number of hydrogen-bond donors (Lipinski definition) is 0. The molecule has 1 aromatic carbocycles. The average Bonchev–Trinajstić information content (AvgIpc) is 3.43. The molecule has 29 heavy (non-hydrogen) atoms. The fraction of sp³-hybridized carbons (Fsp3) is 0.318. The van der Waals surface area contributed by atoms with Crippen LogP contribution in [0.5, 0.6) is 0 Å². The van der Waals surface area contributed by atoms with Crippen LogP contribution in [0.2, 0.25) is 0 Å². The van der Waals surface area contributed by atoms with Crippen molar-refractivity contribution in [2.75, 3.05) is 4.90 Å². The van der Waals surface area contributed by atoms with Crippen molar-refractivity contribution < 1.29 is 9.21 Å². The maximum Gasteiger partial charge on any atom is 0.278 e. The molecule has 4 rings (SSSR count). The van der Waals surface area contributed by atoms with Gasteiger partial charge in [0.15, 0.2) is 5.13 Å². The number of furan rings is 1. The van der Waals surface area contributed by atoms with Gasteiger partial charge in [-0.3, -0.25) is 14.4 Å². The predicted molar refractivity (Wildman–Crippen MR) is 116 cm³/mol. The van der Waals surface area contributed by atoms with E-state index in [-0.39, 0.29) is 5.91 Å². The Hall–Kier alpha value is -2.93. The summed E-state index contributed by atoms with van der Waals surface area (Å²) in [5.41, 5.74) is 3.52. The summed E-state index contributed by atoms with van der Waals surface area (Å²) in [5, 5.41) is 5.10. The van der Waals surface area contributed by atoms with Gasteiger partial charge in [0, 0.05) is 6.54 Å². The minimum absolute atomic E-state index is 0.131. The highest BCUT2D eigenvalue weighted by atomic mass is 32.1. The molecule has 0 N–H and O–H groups in total. The second kappa shape index (κ2) is 7.83. The monoisotopic (exact) mass is 408 g/mol. The van der Waals surface area contributed by atoms with Gasteiger partial charge in [0.25, 0.3) is 5.91 Å². The molecule has 0 aliphatic carbocycles. The van der Waals surface area contributed by atoms with Crippen LogP contribution >= 0.6 is 11.3 Å². The van der Waals surface area contributed by atoms with Gasteiger partial charge in [-0.1, -0.05) is 37.3 Å². The first kappa shape index (κ1) is 19.4. The van der Waals surface area contributed by atoms with Crippen molar-refractivity contribution in [3.63, 3.8) is 0 Å². The Kier molecular flexibility index (Phi) is 5.24. The molecule has 4 aromatic rings. The van der Waals surface area contributed by atoms with Crippen molar-refractivity contribution >= 4 is 32.6 Å². The molecule has 0 unspecified atom stereocenters. The third-order valence-corrected chi connectivity index (χ3v) is 5.90. The molecular weight excluding hydrogens is 384 g/mol. The van der Waals surface area contributed by atoms with Crippen LogP contribution in [0, 0.1) is 6.92 Å². The van der Waals surface area contributed by atoms with E-state index < -0.39 is 0 Å². The molecule has 0 spiro atoms. The first-order valence-electron chi connectivity index (χ1n) is 9.76.